The van der Waals surface area contributed by atoms with Crippen LogP contribution in [0.1, 0.15) is 15.9 Å². The van der Waals surface area contributed by atoms with Gasteiger partial charge in [-0.1, -0.05) is 6.07 Å². The Morgan fingerprint density at radius 1 is 0.360 bits per heavy atom. The van der Waals surface area contributed by atoms with E-state index in [1.165, 1.54) is 18.2 Å². The molecule has 89 heavy (non-hydrogen) atoms. The fraction of sp³-hybridized carbons (Fsp3) is 0.863. The van der Waals surface area contributed by atoms with Crippen LogP contribution in [0.2, 0.25) is 0 Å². The Morgan fingerprint density at radius 3 is 0.843 bits per heavy atom. The van der Waals surface area contributed by atoms with Crippen molar-refractivity contribution >= 4 is 28.6 Å². The highest BCUT2D eigenvalue weighted by atomic mass is 127. The standard InChI is InChI=1S/C51H77IO37/c1-74-44(73)14-4-13(2-3-15(14)52)12-75-43-35(72)42-22(11-59)82-51(43)89-41-21(10-58)81-49(34(71)28(41)65)87-39-19(8-56)79-47(32(69)26(39)63)85-37-17(6-54)77-45(30(67)24(37)61)83-36-16(5-53)76-46(29(66)23(36)60)84-38-18(7-55)78-48(31(68)25(38)62)86-40-20(9-57)80-50(88-42)33(70)27(40)64/h2-4,16-43,45-51,53-72H,5-12H2,1H3/t16-,17-,18-,19-,20-,21-,22-,23-,24-,25-,26-,27-,28-,29-,30-,31-,32-,33-,34-,35+,36-,37-,38-,39-,40-,41-,42-,43-,45-,46-,47-,48-,49-,50-,51-/m1/s1. The number of hydrogen-bond donors (Lipinski definition) is 20. The molecule has 15 heterocycles. The van der Waals surface area contributed by atoms with E-state index < -0.39 is 274 Å². The van der Waals surface area contributed by atoms with Crippen LogP contribution in [0.3, 0.4) is 0 Å². The van der Waals surface area contributed by atoms with E-state index in [4.69, 9.17) is 75.8 Å². The van der Waals surface area contributed by atoms with E-state index in [0.29, 0.717) is 3.57 Å². The van der Waals surface area contributed by atoms with Crippen molar-refractivity contribution in [2.75, 3.05) is 53.4 Å². The third kappa shape index (κ3) is 14.6. The Hall–Kier alpha value is -1.98. The number of benzene rings is 1. The molecule has 0 radical (unpaired) electrons. The lowest BCUT2D eigenvalue weighted by atomic mass is 9.95. The molecule has 35 atom stereocenters. The summed E-state index contributed by atoms with van der Waals surface area (Å²) in [5.74, 6) is -0.731. The second-order valence-electron chi connectivity index (χ2n) is 22.2. The molecule has 14 bridgehead atoms. The van der Waals surface area contributed by atoms with Crippen LogP contribution in [0.25, 0.3) is 0 Å². The predicted octanol–water partition coefficient (Wildman–Crippen LogP) is -12.6. The van der Waals surface area contributed by atoms with Gasteiger partial charge in [-0.15, -0.1) is 0 Å². The van der Waals surface area contributed by atoms with Crippen LogP contribution >= 0.6 is 22.6 Å². The molecule has 16 rings (SSSR count). The SMILES string of the molecule is COC(=O)c1cc(CO[C@H]2[C@H]3O[C@H]4[C@H](O)[C@@H](O)[C@@H](O[C@H]5[C@H](O)[C@@H](O)[C@@H](O[C@H]6[C@H](O)[C@@H](O)[C@@H](O[C@H]7[C@H](O)[C@@H](O)[C@@H](O[C@H]8[C@H](O)[C@@H](O)[C@@H](O[C@H]9[C@H](O)[C@@H](O)[C@@H](O[C@@H]([C@@H]2O)[C@@H](CO)O3)O[C@@H]9CO)O[C@@H]8CO)O[C@@H]7CO)O[C@@H]6CO)O[C@@H]5CO)O[C@@H]4CO)ccc1I. The number of halogens is 1. The molecule has 0 aliphatic carbocycles. The number of ether oxygens (including phenoxy) is 16. The van der Waals surface area contributed by atoms with E-state index in [1.54, 1.807) is 0 Å². The molecule has 1 aromatic rings. The molecule has 1 aromatic carbocycles. The summed E-state index contributed by atoms with van der Waals surface area (Å²) >= 11 is 1.88. The third-order valence-electron chi connectivity index (χ3n) is 16.6. The van der Waals surface area contributed by atoms with Crippen molar-refractivity contribution in [1.82, 2.24) is 0 Å². The zero-order valence-corrected chi connectivity index (χ0v) is 49.0. The quantitative estimate of drug-likeness (QED) is 0.0723. The lowest BCUT2D eigenvalue weighted by molar-refractivity contribution is -0.398. The molecule has 0 spiro atoms. The maximum atomic E-state index is 12.6. The number of aliphatic hydroxyl groups is 20. The van der Waals surface area contributed by atoms with Gasteiger partial charge < -0.3 is 178 Å². The maximum Gasteiger partial charge on any atom is 0.338 e. The van der Waals surface area contributed by atoms with Crippen LogP contribution in [0.4, 0.5) is 0 Å². The maximum absolute atomic E-state index is 12.6. The minimum atomic E-state index is -2.24. The molecular weight excluding hydrogens is 1330 g/mol. The van der Waals surface area contributed by atoms with Gasteiger partial charge >= 0.3 is 5.97 Å². The highest BCUT2D eigenvalue weighted by Gasteiger charge is 2.60. The van der Waals surface area contributed by atoms with Crippen molar-refractivity contribution in [1.29, 1.82) is 0 Å². The molecular formula is C51H77IO37. The van der Waals surface area contributed by atoms with Gasteiger partial charge in [0.25, 0.3) is 0 Å². The molecule has 15 aliphatic heterocycles. The number of aliphatic hydroxyl groups excluding tert-OH is 20. The summed E-state index contributed by atoms with van der Waals surface area (Å²) in [4.78, 5) is 12.6. The van der Waals surface area contributed by atoms with Crippen molar-refractivity contribution in [2.45, 2.75) is 222 Å². The molecule has 510 valence electrons. The molecule has 15 aliphatic rings. The average molecular weight is 1410 g/mol. The number of rotatable bonds is 11. The molecule has 15 fully saturated rings. The summed E-state index contributed by atoms with van der Waals surface area (Å²) in [6, 6.07) is 4.46. The summed E-state index contributed by atoms with van der Waals surface area (Å²) in [6.45, 7) is -7.94. The highest BCUT2D eigenvalue weighted by molar-refractivity contribution is 14.1. The second-order valence-corrected chi connectivity index (χ2v) is 23.4. The van der Waals surface area contributed by atoms with E-state index in [9.17, 15) is 107 Å². The number of hydrogen-bond acceptors (Lipinski definition) is 37. The monoisotopic (exact) mass is 1410 g/mol. The van der Waals surface area contributed by atoms with Gasteiger partial charge in [0.15, 0.2) is 44.0 Å². The summed E-state index contributed by atoms with van der Waals surface area (Å²) in [6.07, 6.45) is -70.6. The Kier molecular flexibility index (Phi) is 24.7. The number of methoxy groups -OCH3 is 1. The second kappa shape index (κ2) is 30.8. The van der Waals surface area contributed by atoms with Crippen LogP contribution in [-0.4, -0.2) is 376 Å². The smallest absolute Gasteiger partial charge is 0.338 e. The normalized spacial score (nSPS) is 49.4. The average Bonchev–Trinajstić information content (AvgIpc) is 1.43. The summed E-state index contributed by atoms with van der Waals surface area (Å²) in [5.41, 5.74) is 0.370. The van der Waals surface area contributed by atoms with Crippen molar-refractivity contribution < 1.29 is 183 Å². The van der Waals surface area contributed by atoms with Crippen LogP contribution in [0.5, 0.6) is 0 Å². The van der Waals surface area contributed by atoms with Crippen LogP contribution < -0.4 is 0 Å². The van der Waals surface area contributed by atoms with Gasteiger partial charge in [0, 0.05) is 3.57 Å². The summed E-state index contributed by atoms with van der Waals surface area (Å²) in [7, 11) is 1.15. The number of carbonyl (C=O) groups is 1. The van der Waals surface area contributed by atoms with Crippen molar-refractivity contribution in [3.05, 3.63) is 32.9 Å². The molecule has 0 amide bonds. The highest BCUT2D eigenvalue weighted by Crippen LogP contribution is 2.40. The van der Waals surface area contributed by atoms with Crippen LogP contribution in [0, 0.1) is 3.57 Å². The molecule has 38 heteroatoms. The number of carbonyl (C=O) groups excluding carboxylic acids is 1. The van der Waals surface area contributed by atoms with Gasteiger partial charge in [-0.2, -0.15) is 0 Å². The van der Waals surface area contributed by atoms with E-state index in [1.807, 2.05) is 22.6 Å². The molecule has 0 saturated carbocycles. The van der Waals surface area contributed by atoms with E-state index in [0.717, 1.165) is 7.11 Å². The molecule has 20 N–H and O–H groups in total. The van der Waals surface area contributed by atoms with E-state index >= 15 is 0 Å². The van der Waals surface area contributed by atoms with E-state index in [-0.39, 0.29) is 11.1 Å². The topological polar surface area (TPSA) is 569 Å². The predicted molar refractivity (Wildman–Crippen MR) is 282 cm³/mol. The van der Waals surface area contributed by atoms with Gasteiger partial charge in [-0.25, -0.2) is 4.79 Å². The lowest BCUT2D eigenvalue weighted by Gasteiger charge is -2.50. The van der Waals surface area contributed by atoms with Gasteiger partial charge in [0.1, 0.15) is 171 Å². The first-order chi connectivity index (χ1) is 42.5. The van der Waals surface area contributed by atoms with Crippen molar-refractivity contribution in [2.24, 2.45) is 0 Å². The molecule has 0 aromatic heterocycles. The first kappa shape index (κ1) is 71.3. The first-order valence-electron chi connectivity index (χ1n) is 28.2. The Bertz CT molecular complexity index is 2400. The largest absolute Gasteiger partial charge is 0.465 e. The Balaban J connectivity index is 1.03. The van der Waals surface area contributed by atoms with Crippen molar-refractivity contribution in [3.63, 3.8) is 0 Å². The fourth-order valence-corrected chi connectivity index (χ4v) is 12.3. The van der Waals surface area contributed by atoms with Gasteiger partial charge in [-0.05, 0) is 40.3 Å². The van der Waals surface area contributed by atoms with Crippen LogP contribution in [-0.2, 0) is 82.4 Å². The minimum Gasteiger partial charge on any atom is -0.465 e. The Labute approximate surface area is 517 Å². The lowest BCUT2D eigenvalue weighted by Crippen LogP contribution is -2.68. The molecule has 15 saturated heterocycles. The van der Waals surface area contributed by atoms with Crippen LogP contribution in [0.15, 0.2) is 18.2 Å². The molecule has 37 nitrogen and oxygen atoms in total. The van der Waals surface area contributed by atoms with Gasteiger partial charge in [-0.3, -0.25) is 0 Å². The zero-order chi connectivity index (χ0) is 64.6. The van der Waals surface area contributed by atoms with Gasteiger partial charge in [0.2, 0.25) is 0 Å². The number of fused-ring (bicyclic) bond motifs is 7. The van der Waals surface area contributed by atoms with Gasteiger partial charge in [0.05, 0.1) is 65.5 Å². The fourth-order valence-electron chi connectivity index (χ4n) is 11.7. The minimum absolute atomic E-state index is 0.0982. The zero-order valence-electron chi connectivity index (χ0n) is 46.9. The van der Waals surface area contributed by atoms with E-state index in [2.05, 4.69) is 0 Å². The first-order valence-corrected chi connectivity index (χ1v) is 29.3. The van der Waals surface area contributed by atoms with Crippen molar-refractivity contribution in [3.8, 4) is 0 Å². The summed E-state index contributed by atoms with van der Waals surface area (Å²) < 4.78 is 93.1. The molecule has 0 unspecified atom stereocenters. The number of esters is 1. The third-order valence-corrected chi connectivity index (χ3v) is 17.6. The Morgan fingerprint density at radius 2 is 0.596 bits per heavy atom. The summed E-state index contributed by atoms with van der Waals surface area (Å²) in [5, 5.41) is 224.